The smallest absolute Gasteiger partial charge is 0.304 e. The van der Waals surface area contributed by atoms with Crippen LogP contribution in [0.5, 0.6) is 11.5 Å². The van der Waals surface area contributed by atoms with Gasteiger partial charge in [-0.25, -0.2) is 0 Å². The molecule has 1 unspecified atom stereocenters. The Hall–Kier alpha value is -2.49. The van der Waals surface area contributed by atoms with E-state index in [-0.39, 0.29) is 28.1 Å². The summed E-state index contributed by atoms with van der Waals surface area (Å²) < 4.78 is 0. The first kappa shape index (κ1) is 31.0. The standard InChI is InChI=1S/C35H52O4/c1-32(2,3)24-17-20(18-25(30(24)38)33(4,5)6)23(19-26(36)37)27-21-15-13-14-16-22(27)29(35(10,11)12)31(39)28(21)34(7,8)9/h17-18,23,38-39H,13-16,19H2,1-12H3,(H,36,37). The largest absolute Gasteiger partial charge is 0.507 e. The molecule has 0 saturated heterocycles. The third-order valence-electron chi connectivity index (χ3n) is 8.21. The summed E-state index contributed by atoms with van der Waals surface area (Å²) in [5.41, 5.74) is 6.57. The highest BCUT2D eigenvalue weighted by atomic mass is 16.4. The van der Waals surface area contributed by atoms with E-state index in [0.717, 1.165) is 70.2 Å². The molecule has 0 heterocycles. The fourth-order valence-corrected chi connectivity index (χ4v) is 6.58. The molecule has 39 heavy (non-hydrogen) atoms. The van der Waals surface area contributed by atoms with Crippen molar-refractivity contribution in [3.8, 4) is 11.5 Å². The Morgan fingerprint density at radius 1 is 0.692 bits per heavy atom. The maximum atomic E-state index is 12.5. The molecule has 0 fully saturated rings. The highest BCUT2D eigenvalue weighted by molar-refractivity contribution is 5.71. The summed E-state index contributed by atoms with van der Waals surface area (Å²) >= 11 is 0. The lowest BCUT2D eigenvalue weighted by Gasteiger charge is -2.36. The van der Waals surface area contributed by atoms with Crippen LogP contribution in [0.1, 0.15) is 153 Å². The van der Waals surface area contributed by atoms with Crippen LogP contribution in [-0.4, -0.2) is 21.3 Å². The third kappa shape index (κ3) is 6.15. The van der Waals surface area contributed by atoms with E-state index in [2.05, 4.69) is 83.1 Å². The second-order valence-corrected chi connectivity index (χ2v) is 15.8. The van der Waals surface area contributed by atoms with E-state index in [1.165, 1.54) is 0 Å². The van der Waals surface area contributed by atoms with Gasteiger partial charge in [-0.2, -0.15) is 0 Å². The first-order chi connectivity index (χ1) is 17.6. The molecule has 0 saturated carbocycles. The summed E-state index contributed by atoms with van der Waals surface area (Å²) in [6.45, 7) is 25.4. The topological polar surface area (TPSA) is 77.8 Å². The van der Waals surface area contributed by atoms with Gasteiger partial charge in [-0.05, 0) is 80.7 Å². The average molecular weight is 537 g/mol. The molecule has 1 aliphatic rings. The molecule has 2 bridgehead atoms. The van der Waals surface area contributed by atoms with Gasteiger partial charge in [0.25, 0.3) is 0 Å². The number of rotatable bonds is 4. The van der Waals surface area contributed by atoms with Crippen LogP contribution in [0.15, 0.2) is 12.1 Å². The van der Waals surface area contributed by atoms with Crippen LogP contribution >= 0.6 is 0 Å². The van der Waals surface area contributed by atoms with Crippen LogP contribution in [-0.2, 0) is 39.3 Å². The van der Waals surface area contributed by atoms with Crippen LogP contribution in [0.2, 0.25) is 0 Å². The third-order valence-corrected chi connectivity index (χ3v) is 8.21. The van der Waals surface area contributed by atoms with Gasteiger partial charge in [0.1, 0.15) is 11.5 Å². The van der Waals surface area contributed by atoms with Gasteiger partial charge < -0.3 is 15.3 Å². The SMILES string of the molecule is CC(C)(C)c1cc(C(CC(=O)O)c2c3c(C(C)(C)C)c(O)c(C(C)(C)C)c2CCCC3)cc(C(C)(C)C)c1O. The van der Waals surface area contributed by atoms with Crippen molar-refractivity contribution in [3.05, 3.63) is 56.6 Å². The zero-order chi connectivity index (χ0) is 29.9. The lowest BCUT2D eigenvalue weighted by molar-refractivity contribution is -0.137. The molecular formula is C35H52O4. The average Bonchev–Trinajstić information content (AvgIpc) is 2.86. The molecule has 3 N–H and O–H groups in total. The zero-order valence-electron chi connectivity index (χ0n) is 26.5. The second-order valence-electron chi connectivity index (χ2n) is 15.8. The number of aliphatic carboxylic acids is 1. The minimum atomic E-state index is -0.846. The van der Waals surface area contributed by atoms with E-state index in [4.69, 9.17) is 0 Å². The lowest BCUT2D eigenvalue weighted by Crippen LogP contribution is -2.25. The fourth-order valence-electron chi connectivity index (χ4n) is 6.58. The Bertz CT molecular complexity index is 1170. The molecule has 4 nitrogen and oxygen atoms in total. The first-order valence-corrected chi connectivity index (χ1v) is 14.6. The van der Waals surface area contributed by atoms with Gasteiger partial charge in [0.05, 0.1) is 6.42 Å². The van der Waals surface area contributed by atoms with Gasteiger partial charge in [0.2, 0.25) is 0 Å². The Morgan fingerprint density at radius 2 is 1.08 bits per heavy atom. The number of fused-ring (bicyclic) bond motifs is 2. The van der Waals surface area contributed by atoms with Crippen molar-refractivity contribution in [2.45, 2.75) is 143 Å². The number of hydrogen-bond acceptors (Lipinski definition) is 3. The number of benzene rings is 2. The normalized spacial score (nSPS) is 15.7. The van der Waals surface area contributed by atoms with Crippen molar-refractivity contribution in [2.24, 2.45) is 0 Å². The van der Waals surface area contributed by atoms with E-state index in [0.29, 0.717) is 11.5 Å². The molecule has 0 radical (unpaired) electrons. The number of phenolic OH excluding ortho intramolecular Hbond substituents is 2. The summed E-state index contributed by atoms with van der Waals surface area (Å²) in [7, 11) is 0. The number of phenols is 2. The molecule has 0 spiro atoms. The molecule has 1 aliphatic carbocycles. The molecule has 0 aliphatic heterocycles. The Balaban J connectivity index is 2.59. The fraction of sp³-hybridized carbons (Fsp3) is 0.629. The van der Waals surface area contributed by atoms with Crippen LogP contribution in [0, 0.1) is 0 Å². The van der Waals surface area contributed by atoms with Crippen molar-refractivity contribution in [3.63, 3.8) is 0 Å². The van der Waals surface area contributed by atoms with Gasteiger partial charge in [0.15, 0.2) is 0 Å². The molecule has 1 atom stereocenters. The molecule has 0 amide bonds. The van der Waals surface area contributed by atoms with Gasteiger partial charge in [-0.3, -0.25) is 4.79 Å². The maximum absolute atomic E-state index is 12.5. The predicted octanol–water partition coefficient (Wildman–Crippen LogP) is 8.77. The summed E-state index contributed by atoms with van der Waals surface area (Å²) in [6.07, 6.45) is 3.60. The molecular weight excluding hydrogens is 484 g/mol. The van der Waals surface area contributed by atoms with E-state index in [1.54, 1.807) is 0 Å². The lowest BCUT2D eigenvalue weighted by atomic mass is 9.68. The Kier molecular flexibility index (Phi) is 8.09. The predicted molar refractivity (Wildman–Crippen MR) is 162 cm³/mol. The van der Waals surface area contributed by atoms with Gasteiger partial charge in [-0.15, -0.1) is 0 Å². The molecule has 4 heteroatoms. The van der Waals surface area contributed by atoms with Crippen molar-refractivity contribution >= 4 is 5.97 Å². The van der Waals surface area contributed by atoms with Gasteiger partial charge in [-0.1, -0.05) is 95.2 Å². The second kappa shape index (κ2) is 10.2. The summed E-state index contributed by atoms with van der Waals surface area (Å²) in [4.78, 5) is 12.5. The van der Waals surface area contributed by atoms with Gasteiger partial charge >= 0.3 is 5.97 Å². The molecule has 3 rings (SSSR count). The number of aromatic hydroxyl groups is 2. The van der Waals surface area contributed by atoms with Gasteiger partial charge in [0, 0.05) is 17.0 Å². The van der Waals surface area contributed by atoms with E-state index < -0.39 is 11.9 Å². The molecule has 2 aromatic rings. The van der Waals surface area contributed by atoms with E-state index >= 15 is 0 Å². The number of carboxylic acid groups (broad SMARTS) is 1. The van der Waals surface area contributed by atoms with Crippen LogP contribution in [0.4, 0.5) is 0 Å². The van der Waals surface area contributed by atoms with Crippen LogP contribution < -0.4 is 0 Å². The maximum Gasteiger partial charge on any atom is 0.304 e. The number of hydrogen-bond donors (Lipinski definition) is 3. The van der Waals surface area contributed by atoms with Crippen molar-refractivity contribution in [1.82, 2.24) is 0 Å². The zero-order valence-corrected chi connectivity index (χ0v) is 26.5. The highest BCUT2D eigenvalue weighted by Gasteiger charge is 2.38. The van der Waals surface area contributed by atoms with Crippen molar-refractivity contribution in [1.29, 1.82) is 0 Å². The minimum absolute atomic E-state index is 0.0458. The minimum Gasteiger partial charge on any atom is -0.507 e. The molecule has 2 aromatic carbocycles. The van der Waals surface area contributed by atoms with E-state index in [9.17, 15) is 20.1 Å². The van der Waals surface area contributed by atoms with Crippen molar-refractivity contribution in [2.75, 3.05) is 0 Å². The quantitative estimate of drug-likeness (QED) is 0.365. The highest BCUT2D eigenvalue weighted by Crippen LogP contribution is 2.51. The summed E-state index contributed by atoms with van der Waals surface area (Å²) in [5.74, 6) is -0.553. The van der Waals surface area contributed by atoms with Crippen LogP contribution in [0.25, 0.3) is 0 Å². The van der Waals surface area contributed by atoms with Crippen molar-refractivity contribution < 1.29 is 20.1 Å². The number of carbonyl (C=O) groups is 1. The summed E-state index contributed by atoms with van der Waals surface area (Å²) in [6, 6.07) is 4.09. The first-order valence-electron chi connectivity index (χ1n) is 14.6. The number of carboxylic acids is 1. The Labute approximate surface area is 236 Å². The molecule has 0 aromatic heterocycles. The van der Waals surface area contributed by atoms with Crippen LogP contribution in [0.3, 0.4) is 0 Å². The monoisotopic (exact) mass is 536 g/mol. The molecule has 216 valence electrons. The summed E-state index contributed by atoms with van der Waals surface area (Å²) in [5, 5.41) is 33.6. The van der Waals surface area contributed by atoms with E-state index in [1.807, 2.05) is 12.1 Å². The Morgan fingerprint density at radius 3 is 1.38 bits per heavy atom.